The number of para-hydroxylation sites is 2. The number of alkyl halides is 3. The van der Waals surface area contributed by atoms with Crippen LogP contribution in [0.3, 0.4) is 0 Å². The Labute approximate surface area is 156 Å². The minimum absolute atomic E-state index is 0.146. The number of fused-ring (bicyclic) bond motifs is 1. The molecule has 1 aromatic rings. The summed E-state index contributed by atoms with van der Waals surface area (Å²) in [5.41, 5.74) is 0. The fraction of sp³-hybridized carbons (Fsp3) is 0.611. The van der Waals surface area contributed by atoms with E-state index in [1.807, 2.05) is 24.3 Å². The monoisotopic (exact) mass is 386 g/mol. The molecule has 27 heavy (non-hydrogen) atoms. The van der Waals surface area contributed by atoms with Crippen LogP contribution in [0.5, 0.6) is 11.5 Å². The Balaban J connectivity index is 1.38. The molecule has 0 bridgehead atoms. The van der Waals surface area contributed by atoms with Gasteiger partial charge in [-0.3, -0.25) is 9.89 Å². The normalized spacial score (nSPS) is 23.3. The molecule has 2 unspecified atom stereocenters. The Bertz CT molecular complexity index is 654. The number of hydrogen-bond donors (Lipinski definition) is 2. The molecule has 2 aliphatic heterocycles. The number of rotatable bonds is 5. The molecule has 0 aliphatic carbocycles. The van der Waals surface area contributed by atoms with Crippen LogP contribution in [0, 0.1) is 5.92 Å². The quantitative estimate of drug-likeness (QED) is 0.598. The highest BCUT2D eigenvalue weighted by atomic mass is 19.4. The predicted molar refractivity (Wildman–Crippen MR) is 96.3 cm³/mol. The molecule has 3 rings (SSSR count). The first-order chi connectivity index (χ1) is 12.9. The molecule has 150 valence electrons. The average Bonchev–Trinajstić information content (AvgIpc) is 3.07. The third-order valence-electron chi connectivity index (χ3n) is 4.62. The van der Waals surface area contributed by atoms with Crippen molar-refractivity contribution in [2.75, 3.05) is 46.4 Å². The van der Waals surface area contributed by atoms with Crippen LogP contribution in [0.4, 0.5) is 13.2 Å². The zero-order valence-corrected chi connectivity index (χ0v) is 15.3. The van der Waals surface area contributed by atoms with E-state index >= 15 is 0 Å². The number of halogens is 3. The van der Waals surface area contributed by atoms with E-state index in [1.165, 1.54) is 4.90 Å². The van der Waals surface area contributed by atoms with Crippen molar-refractivity contribution in [3.8, 4) is 11.5 Å². The maximum absolute atomic E-state index is 12.5. The van der Waals surface area contributed by atoms with Crippen LogP contribution in [0.1, 0.15) is 6.42 Å². The largest absolute Gasteiger partial charge is 0.486 e. The van der Waals surface area contributed by atoms with Crippen molar-refractivity contribution in [2.45, 2.75) is 18.7 Å². The van der Waals surface area contributed by atoms with Gasteiger partial charge in [0.1, 0.15) is 12.7 Å². The van der Waals surface area contributed by atoms with Gasteiger partial charge in [-0.25, -0.2) is 0 Å². The van der Waals surface area contributed by atoms with Crippen molar-refractivity contribution in [3.63, 3.8) is 0 Å². The van der Waals surface area contributed by atoms with E-state index in [2.05, 4.69) is 15.6 Å². The Morgan fingerprint density at radius 2 is 1.96 bits per heavy atom. The van der Waals surface area contributed by atoms with Crippen molar-refractivity contribution in [1.29, 1.82) is 0 Å². The van der Waals surface area contributed by atoms with Gasteiger partial charge in [-0.15, -0.1) is 0 Å². The van der Waals surface area contributed by atoms with E-state index in [9.17, 15) is 13.2 Å². The Morgan fingerprint density at radius 1 is 1.22 bits per heavy atom. The highest BCUT2D eigenvalue weighted by molar-refractivity contribution is 5.79. The van der Waals surface area contributed by atoms with Gasteiger partial charge in [-0.1, -0.05) is 12.1 Å². The summed E-state index contributed by atoms with van der Waals surface area (Å²) in [5, 5.41) is 6.37. The van der Waals surface area contributed by atoms with Gasteiger partial charge < -0.3 is 20.1 Å². The second kappa shape index (κ2) is 8.69. The first-order valence-electron chi connectivity index (χ1n) is 9.05. The maximum atomic E-state index is 12.5. The van der Waals surface area contributed by atoms with Gasteiger partial charge in [0.05, 0.1) is 13.1 Å². The van der Waals surface area contributed by atoms with Crippen molar-refractivity contribution >= 4 is 5.96 Å². The molecule has 1 aromatic carbocycles. The smallest absolute Gasteiger partial charge is 0.401 e. The maximum Gasteiger partial charge on any atom is 0.401 e. The fourth-order valence-electron chi connectivity index (χ4n) is 3.31. The Kier molecular flexibility index (Phi) is 6.30. The molecule has 0 radical (unpaired) electrons. The fourth-order valence-corrected chi connectivity index (χ4v) is 3.31. The molecule has 0 aromatic heterocycles. The first kappa shape index (κ1) is 19.6. The molecule has 9 heteroatoms. The van der Waals surface area contributed by atoms with Crippen LogP contribution in [0.25, 0.3) is 0 Å². The number of likely N-dealkylation sites (tertiary alicyclic amines) is 1. The zero-order chi connectivity index (χ0) is 19.3. The molecular formula is C18H25F3N4O2. The van der Waals surface area contributed by atoms with Gasteiger partial charge in [-0.2, -0.15) is 13.2 Å². The lowest BCUT2D eigenvalue weighted by Gasteiger charge is -2.27. The van der Waals surface area contributed by atoms with Gasteiger partial charge in [0.2, 0.25) is 0 Å². The van der Waals surface area contributed by atoms with Crippen LogP contribution < -0.4 is 20.1 Å². The van der Waals surface area contributed by atoms with Crippen molar-refractivity contribution < 1.29 is 22.6 Å². The molecule has 0 amide bonds. The number of guanidine groups is 1. The SMILES string of the molecule is CN=C(NCC1CCN(CC(F)(F)F)C1)NCC1COc2ccccc2O1. The van der Waals surface area contributed by atoms with Crippen molar-refractivity contribution in [2.24, 2.45) is 10.9 Å². The number of hydrogen-bond acceptors (Lipinski definition) is 4. The molecule has 2 heterocycles. The van der Waals surface area contributed by atoms with Crippen molar-refractivity contribution in [1.82, 2.24) is 15.5 Å². The number of ether oxygens (including phenoxy) is 2. The number of nitrogens with one attached hydrogen (secondary N) is 2. The summed E-state index contributed by atoms with van der Waals surface area (Å²) < 4.78 is 48.9. The van der Waals surface area contributed by atoms with Gasteiger partial charge in [-0.05, 0) is 31.0 Å². The van der Waals surface area contributed by atoms with Crippen LogP contribution in [0.15, 0.2) is 29.3 Å². The molecule has 2 aliphatic rings. The molecule has 2 N–H and O–H groups in total. The van der Waals surface area contributed by atoms with Gasteiger partial charge in [0.25, 0.3) is 0 Å². The van der Waals surface area contributed by atoms with E-state index < -0.39 is 12.7 Å². The molecule has 0 spiro atoms. The molecule has 2 atom stereocenters. The molecule has 6 nitrogen and oxygen atoms in total. The van der Waals surface area contributed by atoms with E-state index in [1.54, 1.807) is 7.05 Å². The highest BCUT2D eigenvalue weighted by Crippen LogP contribution is 2.30. The number of benzene rings is 1. The van der Waals surface area contributed by atoms with Gasteiger partial charge in [0.15, 0.2) is 17.5 Å². The van der Waals surface area contributed by atoms with Gasteiger partial charge >= 0.3 is 6.18 Å². The van der Waals surface area contributed by atoms with E-state index in [0.717, 1.165) is 12.2 Å². The summed E-state index contributed by atoms with van der Waals surface area (Å²) in [6.07, 6.45) is -3.54. The van der Waals surface area contributed by atoms with Gasteiger partial charge in [0, 0.05) is 20.1 Å². The van der Waals surface area contributed by atoms with Crippen LogP contribution in [-0.2, 0) is 0 Å². The topological polar surface area (TPSA) is 58.1 Å². The lowest BCUT2D eigenvalue weighted by atomic mass is 10.1. The van der Waals surface area contributed by atoms with Crippen LogP contribution >= 0.6 is 0 Å². The average molecular weight is 386 g/mol. The second-order valence-electron chi connectivity index (χ2n) is 6.84. The number of nitrogens with zero attached hydrogens (tertiary/aromatic N) is 2. The predicted octanol–water partition coefficient (Wildman–Crippen LogP) is 1.88. The number of aliphatic imine (C=N–C) groups is 1. The van der Waals surface area contributed by atoms with Crippen LogP contribution in [-0.4, -0.2) is 69.5 Å². The lowest BCUT2D eigenvalue weighted by molar-refractivity contribution is -0.143. The summed E-state index contributed by atoms with van der Waals surface area (Å²) >= 11 is 0. The second-order valence-corrected chi connectivity index (χ2v) is 6.84. The summed E-state index contributed by atoms with van der Waals surface area (Å²) in [6.45, 7) is 1.62. The van der Waals surface area contributed by atoms with E-state index in [0.29, 0.717) is 44.5 Å². The summed E-state index contributed by atoms with van der Waals surface area (Å²) in [5.74, 6) is 2.23. The summed E-state index contributed by atoms with van der Waals surface area (Å²) in [7, 11) is 1.66. The zero-order valence-electron chi connectivity index (χ0n) is 15.3. The molecule has 1 fully saturated rings. The third kappa shape index (κ3) is 5.92. The first-order valence-corrected chi connectivity index (χ1v) is 9.05. The molecule has 1 saturated heterocycles. The standard InChI is InChI=1S/C18H25F3N4O2/c1-22-17(23-8-13-6-7-25(10-13)12-18(19,20)21)24-9-14-11-26-15-4-2-3-5-16(15)27-14/h2-5,13-14H,6-12H2,1H3,(H2,22,23,24). The summed E-state index contributed by atoms with van der Waals surface area (Å²) in [4.78, 5) is 5.61. The lowest BCUT2D eigenvalue weighted by Crippen LogP contribution is -2.46. The van der Waals surface area contributed by atoms with E-state index in [-0.39, 0.29) is 12.0 Å². The van der Waals surface area contributed by atoms with Crippen LogP contribution in [0.2, 0.25) is 0 Å². The highest BCUT2D eigenvalue weighted by Gasteiger charge is 2.34. The Hall–Kier alpha value is -2.16. The summed E-state index contributed by atoms with van der Waals surface area (Å²) in [6, 6.07) is 7.51. The Morgan fingerprint density at radius 3 is 2.70 bits per heavy atom. The minimum Gasteiger partial charge on any atom is -0.486 e. The van der Waals surface area contributed by atoms with E-state index in [4.69, 9.17) is 9.47 Å². The minimum atomic E-state index is -4.14. The molecule has 0 saturated carbocycles. The molecular weight excluding hydrogens is 361 g/mol. The van der Waals surface area contributed by atoms with Crippen molar-refractivity contribution in [3.05, 3.63) is 24.3 Å². The third-order valence-corrected chi connectivity index (χ3v) is 4.62.